The molecule has 6 heteroatoms. The molecule has 0 bridgehead atoms. The summed E-state index contributed by atoms with van der Waals surface area (Å²) in [5.41, 5.74) is 1.05. The third-order valence-electron chi connectivity index (χ3n) is 2.60. The molecule has 1 aromatic heterocycles. The molecule has 0 saturated heterocycles. The monoisotopic (exact) mass is 391 g/mol. The topological polar surface area (TPSA) is 39.1 Å². The van der Waals surface area contributed by atoms with Gasteiger partial charge >= 0.3 is 0 Å². The Kier molecular flexibility index (Phi) is 5.06. The van der Waals surface area contributed by atoms with Crippen LogP contribution in [-0.2, 0) is 4.74 Å². The molecule has 1 N–H and O–H groups in total. The van der Waals surface area contributed by atoms with E-state index in [1.165, 1.54) is 0 Å². The number of anilines is 1. The minimum atomic E-state index is 0.191. The molecule has 0 fully saturated rings. The molecule has 102 valence electrons. The molecule has 0 aliphatic rings. The third-order valence-corrected chi connectivity index (χ3v) is 3.70. The van der Waals surface area contributed by atoms with Gasteiger partial charge in [0.15, 0.2) is 0 Å². The highest BCUT2D eigenvalue weighted by molar-refractivity contribution is 14.1. The molecule has 2 aromatic rings. The van der Waals surface area contributed by atoms with E-state index in [2.05, 4.69) is 39.8 Å². The van der Waals surface area contributed by atoms with Crippen LogP contribution in [0.25, 0.3) is 5.69 Å². The molecule has 0 amide bonds. The maximum atomic E-state index is 5.98. The van der Waals surface area contributed by atoms with Crippen LogP contribution in [0.3, 0.4) is 0 Å². The van der Waals surface area contributed by atoms with Crippen LogP contribution in [0.5, 0.6) is 0 Å². The maximum Gasteiger partial charge on any atom is 0.207 e. The van der Waals surface area contributed by atoms with Crippen LogP contribution < -0.4 is 5.32 Å². The molecule has 0 aliphatic heterocycles. The van der Waals surface area contributed by atoms with Gasteiger partial charge in [0, 0.05) is 34.1 Å². The number of benzene rings is 1. The Morgan fingerprint density at radius 3 is 3.00 bits per heavy atom. The summed E-state index contributed by atoms with van der Waals surface area (Å²) >= 11 is 8.25. The number of hydrogen-bond donors (Lipinski definition) is 1. The Morgan fingerprint density at radius 2 is 2.32 bits per heavy atom. The van der Waals surface area contributed by atoms with Gasteiger partial charge in [-0.25, -0.2) is 4.98 Å². The predicted molar refractivity (Wildman–Crippen MR) is 86.3 cm³/mol. The molecule has 1 unspecified atom stereocenters. The lowest BCUT2D eigenvalue weighted by molar-refractivity contribution is 0.190. The first-order valence-electron chi connectivity index (χ1n) is 5.86. The highest BCUT2D eigenvalue weighted by Crippen LogP contribution is 2.24. The van der Waals surface area contributed by atoms with Crippen LogP contribution in [0.2, 0.25) is 5.02 Å². The number of methoxy groups -OCH3 is 1. The van der Waals surface area contributed by atoms with E-state index in [-0.39, 0.29) is 6.04 Å². The molecule has 4 nitrogen and oxygen atoms in total. The lowest BCUT2D eigenvalue weighted by atomic mass is 10.3. The van der Waals surface area contributed by atoms with Gasteiger partial charge in [-0.1, -0.05) is 11.6 Å². The van der Waals surface area contributed by atoms with Gasteiger partial charge < -0.3 is 10.1 Å². The van der Waals surface area contributed by atoms with Gasteiger partial charge in [-0.3, -0.25) is 4.57 Å². The average Bonchev–Trinajstić information content (AvgIpc) is 2.77. The number of hydrogen-bond acceptors (Lipinski definition) is 3. The van der Waals surface area contributed by atoms with Gasteiger partial charge in [-0.15, -0.1) is 0 Å². The summed E-state index contributed by atoms with van der Waals surface area (Å²) in [6.07, 6.45) is 3.69. The predicted octanol–water partition coefficient (Wildman–Crippen LogP) is 3.58. The average molecular weight is 392 g/mol. The first kappa shape index (κ1) is 14.6. The van der Waals surface area contributed by atoms with Crippen LogP contribution in [-0.4, -0.2) is 29.3 Å². The van der Waals surface area contributed by atoms with E-state index in [9.17, 15) is 0 Å². The summed E-state index contributed by atoms with van der Waals surface area (Å²) < 4.78 is 8.20. The Bertz CT molecular complexity index is 559. The second-order valence-electron chi connectivity index (χ2n) is 4.22. The molecule has 1 aromatic carbocycles. The van der Waals surface area contributed by atoms with E-state index in [1.807, 2.05) is 29.0 Å². The smallest absolute Gasteiger partial charge is 0.207 e. The summed E-state index contributed by atoms with van der Waals surface area (Å²) in [5, 5.41) is 4.05. The van der Waals surface area contributed by atoms with Gasteiger partial charge in [0.05, 0.1) is 12.3 Å². The Balaban J connectivity index is 2.28. The van der Waals surface area contributed by atoms with E-state index >= 15 is 0 Å². The van der Waals surface area contributed by atoms with Crippen LogP contribution in [0, 0.1) is 3.57 Å². The third kappa shape index (κ3) is 3.61. The van der Waals surface area contributed by atoms with E-state index in [0.29, 0.717) is 6.61 Å². The van der Waals surface area contributed by atoms with Crippen LogP contribution in [0.4, 0.5) is 5.95 Å². The van der Waals surface area contributed by atoms with E-state index < -0.39 is 0 Å². The fourth-order valence-electron chi connectivity index (χ4n) is 1.79. The zero-order valence-electron chi connectivity index (χ0n) is 10.7. The van der Waals surface area contributed by atoms with Crippen LogP contribution in [0.15, 0.2) is 30.6 Å². The highest BCUT2D eigenvalue weighted by atomic mass is 127. The molecule has 0 spiro atoms. The summed E-state index contributed by atoms with van der Waals surface area (Å²) in [6, 6.07) is 5.98. The van der Waals surface area contributed by atoms with Crippen molar-refractivity contribution in [3.8, 4) is 5.69 Å². The Hall–Kier alpha value is -0.790. The number of aromatic nitrogens is 2. The van der Waals surface area contributed by atoms with Crippen molar-refractivity contribution in [1.29, 1.82) is 0 Å². The summed E-state index contributed by atoms with van der Waals surface area (Å²) in [7, 11) is 1.69. The molecular weight excluding hydrogens is 377 g/mol. The van der Waals surface area contributed by atoms with Gasteiger partial charge in [-0.2, -0.15) is 0 Å². The fourth-order valence-corrected chi connectivity index (χ4v) is 2.92. The lowest BCUT2D eigenvalue weighted by Crippen LogP contribution is -2.23. The summed E-state index contributed by atoms with van der Waals surface area (Å²) in [4.78, 5) is 4.34. The van der Waals surface area contributed by atoms with Gasteiger partial charge in [0.1, 0.15) is 0 Å². The quantitative estimate of drug-likeness (QED) is 0.792. The standard InChI is InChI=1S/C13H15ClIN3O/c1-9(8-19-2)17-13-16-5-6-18(13)12-4-3-10(14)7-11(12)15/h3-7,9H,8H2,1-2H3,(H,16,17). The van der Waals surface area contributed by atoms with Crippen molar-refractivity contribution in [2.75, 3.05) is 19.0 Å². The summed E-state index contributed by atoms with van der Waals surface area (Å²) in [6.45, 7) is 2.68. The first-order chi connectivity index (χ1) is 9.11. The van der Waals surface area contributed by atoms with Crippen molar-refractivity contribution in [3.63, 3.8) is 0 Å². The SMILES string of the molecule is COCC(C)Nc1nccn1-c1ccc(Cl)cc1I. The van der Waals surface area contributed by atoms with E-state index in [1.54, 1.807) is 13.3 Å². The van der Waals surface area contributed by atoms with E-state index in [0.717, 1.165) is 20.2 Å². The van der Waals surface area contributed by atoms with Crippen molar-refractivity contribution in [2.24, 2.45) is 0 Å². The maximum absolute atomic E-state index is 5.98. The number of nitrogens with one attached hydrogen (secondary N) is 1. The fraction of sp³-hybridized carbons (Fsp3) is 0.308. The molecular formula is C13H15ClIN3O. The normalized spacial score (nSPS) is 12.4. The van der Waals surface area contributed by atoms with Crippen molar-refractivity contribution in [3.05, 3.63) is 39.2 Å². The number of halogens is 2. The second-order valence-corrected chi connectivity index (χ2v) is 5.82. The molecule has 1 heterocycles. The van der Waals surface area contributed by atoms with Gasteiger partial charge in [-0.05, 0) is 47.7 Å². The Morgan fingerprint density at radius 1 is 1.53 bits per heavy atom. The number of rotatable bonds is 5. The first-order valence-corrected chi connectivity index (χ1v) is 7.31. The second kappa shape index (κ2) is 6.58. The highest BCUT2D eigenvalue weighted by Gasteiger charge is 2.10. The zero-order chi connectivity index (χ0) is 13.8. The van der Waals surface area contributed by atoms with Gasteiger partial charge in [0.2, 0.25) is 5.95 Å². The zero-order valence-corrected chi connectivity index (χ0v) is 13.6. The molecule has 0 saturated carbocycles. The van der Waals surface area contributed by atoms with E-state index in [4.69, 9.17) is 16.3 Å². The minimum Gasteiger partial charge on any atom is -0.383 e. The van der Waals surface area contributed by atoms with Crippen molar-refractivity contribution in [1.82, 2.24) is 9.55 Å². The molecule has 2 rings (SSSR count). The molecule has 0 aliphatic carbocycles. The number of imidazole rings is 1. The Labute approximate surface area is 131 Å². The van der Waals surface area contributed by atoms with Crippen molar-refractivity contribution >= 4 is 40.1 Å². The minimum absolute atomic E-state index is 0.191. The van der Waals surface area contributed by atoms with Crippen LogP contribution in [0.1, 0.15) is 6.92 Å². The molecule has 0 radical (unpaired) electrons. The molecule has 19 heavy (non-hydrogen) atoms. The van der Waals surface area contributed by atoms with Crippen molar-refractivity contribution < 1.29 is 4.74 Å². The summed E-state index contributed by atoms with van der Waals surface area (Å²) in [5.74, 6) is 0.796. The lowest BCUT2D eigenvalue weighted by Gasteiger charge is -2.16. The van der Waals surface area contributed by atoms with Crippen LogP contribution >= 0.6 is 34.2 Å². The van der Waals surface area contributed by atoms with Gasteiger partial charge in [0.25, 0.3) is 0 Å². The molecule has 1 atom stereocenters. The van der Waals surface area contributed by atoms with Crippen molar-refractivity contribution in [2.45, 2.75) is 13.0 Å². The number of ether oxygens (including phenoxy) is 1. The number of nitrogens with zero attached hydrogens (tertiary/aromatic N) is 2. The largest absolute Gasteiger partial charge is 0.383 e.